The molecule has 1 atom stereocenters. The molecule has 0 saturated heterocycles. The van der Waals surface area contributed by atoms with Crippen molar-refractivity contribution in [2.75, 3.05) is 19.8 Å². The molecule has 2 heteroatoms. The molecule has 1 aliphatic carbocycles. The van der Waals surface area contributed by atoms with Crippen LogP contribution in [0.25, 0.3) is 0 Å². The fraction of sp³-hybridized carbons (Fsp3) is 1.00. The number of hydrogen-bond donors (Lipinski definition) is 1. The van der Waals surface area contributed by atoms with Crippen LogP contribution in [0.2, 0.25) is 0 Å². The average molecular weight is 213 g/mol. The summed E-state index contributed by atoms with van der Waals surface area (Å²) in [6.45, 7) is 11.9. The molecule has 0 aliphatic heterocycles. The van der Waals surface area contributed by atoms with E-state index in [1.54, 1.807) is 0 Å². The van der Waals surface area contributed by atoms with E-state index in [-0.39, 0.29) is 0 Å². The summed E-state index contributed by atoms with van der Waals surface area (Å²) in [6, 6.07) is 0.669. The molecular weight excluding hydrogens is 186 g/mol. The Morgan fingerprint density at radius 3 is 2.47 bits per heavy atom. The van der Waals surface area contributed by atoms with Gasteiger partial charge in [-0.3, -0.25) is 0 Å². The van der Waals surface area contributed by atoms with Crippen molar-refractivity contribution in [1.82, 2.24) is 5.32 Å². The number of ether oxygens (including phenoxy) is 1. The van der Waals surface area contributed by atoms with Gasteiger partial charge in [0.15, 0.2) is 0 Å². The van der Waals surface area contributed by atoms with Crippen LogP contribution in [0.15, 0.2) is 0 Å². The minimum absolute atomic E-state index is 0.596. The maximum absolute atomic E-state index is 5.54. The van der Waals surface area contributed by atoms with E-state index < -0.39 is 0 Å². The molecule has 0 amide bonds. The summed E-state index contributed by atoms with van der Waals surface area (Å²) < 4.78 is 5.54. The first-order valence-electron chi connectivity index (χ1n) is 6.36. The van der Waals surface area contributed by atoms with Gasteiger partial charge in [0.05, 0.1) is 0 Å². The zero-order valence-electron chi connectivity index (χ0n) is 10.8. The van der Waals surface area contributed by atoms with Crippen LogP contribution in [-0.2, 0) is 4.74 Å². The highest BCUT2D eigenvalue weighted by molar-refractivity contribution is 4.96. The number of nitrogens with one attached hydrogen (secondary N) is 1. The summed E-state index contributed by atoms with van der Waals surface area (Å²) in [5.41, 5.74) is 0.596. The van der Waals surface area contributed by atoms with Gasteiger partial charge >= 0.3 is 0 Å². The standard InChI is InChI=1S/C13H27NO/c1-11(2)10-15-9-5-8-14-12(3)13(4)6-7-13/h11-12,14H,5-10H2,1-4H3. The van der Waals surface area contributed by atoms with Crippen LogP contribution in [0.3, 0.4) is 0 Å². The highest BCUT2D eigenvalue weighted by Crippen LogP contribution is 2.47. The molecule has 1 fully saturated rings. The lowest BCUT2D eigenvalue weighted by Gasteiger charge is -2.20. The second-order valence-electron chi connectivity index (χ2n) is 5.65. The summed E-state index contributed by atoms with van der Waals surface area (Å²) >= 11 is 0. The van der Waals surface area contributed by atoms with E-state index in [1.807, 2.05) is 0 Å². The topological polar surface area (TPSA) is 21.3 Å². The lowest BCUT2D eigenvalue weighted by atomic mass is 10.0. The van der Waals surface area contributed by atoms with E-state index in [0.29, 0.717) is 17.4 Å². The first-order valence-corrected chi connectivity index (χ1v) is 6.36. The summed E-state index contributed by atoms with van der Waals surface area (Å²) in [6.07, 6.45) is 3.92. The monoisotopic (exact) mass is 213 g/mol. The Morgan fingerprint density at radius 2 is 1.93 bits per heavy atom. The Hall–Kier alpha value is -0.0800. The van der Waals surface area contributed by atoms with Crippen molar-refractivity contribution in [3.63, 3.8) is 0 Å². The van der Waals surface area contributed by atoms with Gasteiger partial charge in [0.2, 0.25) is 0 Å². The molecule has 0 radical (unpaired) electrons. The SMILES string of the molecule is CC(C)COCCCNC(C)C1(C)CC1. The Morgan fingerprint density at radius 1 is 1.27 bits per heavy atom. The second-order valence-corrected chi connectivity index (χ2v) is 5.65. The number of rotatable bonds is 8. The third-order valence-electron chi connectivity index (χ3n) is 3.45. The maximum Gasteiger partial charge on any atom is 0.0489 e. The molecule has 0 aromatic rings. The van der Waals surface area contributed by atoms with Crippen molar-refractivity contribution in [1.29, 1.82) is 0 Å². The molecular formula is C13H27NO. The molecule has 90 valence electrons. The van der Waals surface area contributed by atoms with Crippen LogP contribution >= 0.6 is 0 Å². The summed E-state index contributed by atoms with van der Waals surface area (Å²) in [7, 11) is 0. The Bertz CT molecular complexity index is 175. The highest BCUT2D eigenvalue weighted by Gasteiger charge is 2.41. The molecule has 1 rings (SSSR count). The van der Waals surface area contributed by atoms with E-state index >= 15 is 0 Å². The van der Waals surface area contributed by atoms with E-state index in [2.05, 4.69) is 33.0 Å². The van der Waals surface area contributed by atoms with Gasteiger partial charge in [0.25, 0.3) is 0 Å². The predicted molar refractivity (Wildman–Crippen MR) is 65.1 cm³/mol. The molecule has 0 aromatic heterocycles. The van der Waals surface area contributed by atoms with E-state index in [4.69, 9.17) is 4.74 Å². The van der Waals surface area contributed by atoms with Crippen molar-refractivity contribution in [2.45, 2.75) is 53.0 Å². The van der Waals surface area contributed by atoms with Gasteiger partial charge in [-0.1, -0.05) is 20.8 Å². The fourth-order valence-electron chi connectivity index (χ4n) is 1.69. The summed E-state index contributed by atoms with van der Waals surface area (Å²) in [5, 5.41) is 3.59. The van der Waals surface area contributed by atoms with Gasteiger partial charge in [0.1, 0.15) is 0 Å². The summed E-state index contributed by atoms with van der Waals surface area (Å²) in [4.78, 5) is 0. The zero-order valence-corrected chi connectivity index (χ0v) is 10.8. The molecule has 1 saturated carbocycles. The molecule has 0 heterocycles. The lowest BCUT2D eigenvalue weighted by Crippen LogP contribution is -2.34. The Balaban J connectivity index is 1.88. The summed E-state index contributed by atoms with van der Waals surface area (Å²) in [5.74, 6) is 0.655. The smallest absolute Gasteiger partial charge is 0.0489 e. The van der Waals surface area contributed by atoms with E-state index in [9.17, 15) is 0 Å². The quantitative estimate of drug-likeness (QED) is 0.626. The fourth-order valence-corrected chi connectivity index (χ4v) is 1.69. The molecule has 0 spiro atoms. The molecule has 0 aromatic carbocycles. The first kappa shape index (κ1) is 13.0. The molecule has 15 heavy (non-hydrogen) atoms. The van der Waals surface area contributed by atoms with Crippen LogP contribution in [0, 0.1) is 11.3 Å². The molecule has 0 bridgehead atoms. The minimum Gasteiger partial charge on any atom is -0.381 e. The number of hydrogen-bond acceptors (Lipinski definition) is 2. The first-order chi connectivity index (χ1) is 7.04. The minimum atomic E-state index is 0.596. The third-order valence-corrected chi connectivity index (χ3v) is 3.45. The van der Waals surface area contributed by atoms with Gasteiger partial charge < -0.3 is 10.1 Å². The van der Waals surface area contributed by atoms with Gasteiger partial charge in [-0.25, -0.2) is 0 Å². The van der Waals surface area contributed by atoms with Crippen LogP contribution in [0.5, 0.6) is 0 Å². The highest BCUT2D eigenvalue weighted by atomic mass is 16.5. The van der Waals surface area contributed by atoms with E-state index in [1.165, 1.54) is 12.8 Å². The maximum atomic E-state index is 5.54. The van der Waals surface area contributed by atoms with Gasteiger partial charge in [-0.2, -0.15) is 0 Å². The Kier molecular flexibility index (Phi) is 5.07. The lowest BCUT2D eigenvalue weighted by molar-refractivity contribution is 0.107. The predicted octanol–water partition coefficient (Wildman–Crippen LogP) is 2.83. The molecule has 1 unspecified atom stereocenters. The van der Waals surface area contributed by atoms with Crippen molar-refractivity contribution < 1.29 is 4.74 Å². The van der Waals surface area contributed by atoms with Crippen molar-refractivity contribution in [3.05, 3.63) is 0 Å². The average Bonchev–Trinajstić information content (AvgIpc) is 2.90. The van der Waals surface area contributed by atoms with Gasteiger partial charge in [-0.15, -0.1) is 0 Å². The van der Waals surface area contributed by atoms with Crippen molar-refractivity contribution in [3.8, 4) is 0 Å². The largest absolute Gasteiger partial charge is 0.381 e. The van der Waals surface area contributed by atoms with E-state index in [0.717, 1.165) is 26.2 Å². The van der Waals surface area contributed by atoms with Gasteiger partial charge in [0, 0.05) is 19.3 Å². The van der Waals surface area contributed by atoms with Crippen molar-refractivity contribution >= 4 is 0 Å². The molecule has 1 N–H and O–H groups in total. The zero-order chi connectivity index (χ0) is 11.3. The third kappa shape index (κ3) is 4.98. The van der Waals surface area contributed by atoms with Crippen LogP contribution in [0.4, 0.5) is 0 Å². The van der Waals surface area contributed by atoms with Gasteiger partial charge in [-0.05, 0) is 44.1 Å². The molecule has 2 nitrogen and oxygen atoms in total. The van der Waals surface area contributed by atoms with Crippen LogP contribution in [0.1, 0.15) is 47.0 Å². The van der Waals surface area contributed by atoms with Crippen LogP contribution in [-0.4, -0.2) is 25.8 Å². The van der Waals surface area contributed by atoms with Crippen LogP contribution < -0.4 is 5.32 Å². The normalized spacial score (nSPS) is 20.6. The Labute approximate surface area is 94.8 Å². The molecule has 1 aliphatic rings. The van der Waals surface area contributed by atoms with Crippen molar-refractivity contribution in [2.24, 2.45) is 11.3 Å². The second kappa shape index (κ2) is 5.86.